The fraction of sp³-hybridized carbons (Fsp3) is 0.721. The Morgan fingerprint density at radius 3 is 1.45 bits per heavy atom. The molecule has 0 radical (unpaired) electrons. The van der Waals surface area contributed by atoms with Crippen LogP contribution in [0.25, 0.3) is 0 Å². The van der Waals surface area contributed by atoms with Crippen LogP contribution >= 0.6 is 0 Å². The summed E-state index contributed by atoms with van der Waals surface area (Å²) < 4.78 is 39.0. The third-order valence-corrected chi connectivity index (χ3v) is 34.7. The number of allylic oxidation sites excluding steroid dienone is 6. The van der Waals surface area contributed by atoms with Gasteiger partial charge in [-0.05, 0) is 282 Å². The number of rotatable bonds is 0. The van der Waals surface area contributed by atoms with E-state index in [4.69, 9.17) is 33.2 Å². The molecule has 19 aliphatic rings. The highest BCUT2D eigenvalue weighted by molar-refractivity contribution is 5.94. The molecule has 2 bridgehead atoms. The third-order valence-electron chi connectivity index (χ3n) is 34.7. The average molecular weight is 1620 g/mol. The zero-order valence-electron chi connectivity index (χ0n) is 74.6. The van der Waals surface area contributed by atoms with Crippen LogP contribution in [0.15, 0.2) is 132 Å². The smallest absolute Gasteiger partial charge is 0.334 e. The van der Waals surface area contributed by atoms with E-state index in [-0.39, 0.29) is 95.8 Å². The van der Waals surface area contributed by atoms with E-state index in [1.807, 2.05) is 6.08 Å². The number of hydrogen-bond donors (Lipinski definition) is 0. The fourth-order valence-electron chi connectivity index (χ4n) is 27.3. The zero-order chi connectivity index (χ0) is 84.8. The monoisotopic (exact) mass is 1620 g/mol. The molecule has 0 N–H and O–H groups in total. The maximum absolute atomic E-state index is 12.0. The van der Waals surface area contributed by atoms with Gasteiger partial charge in [0.25, 0.3) is 0 Å². The topological polar surface area (TPSA) is 184 Å². The third kappa shape index (κ3) is 18.3. The van der Waals surface area contributed by atoms with Crippen molar-refractivity contribution in [3.8, 4) is 0 Å². The lowest BCUT2D eigenvalue weighted by molar-refractivity contribution is -0.175. The molecule has 32 unspecified atom stereocenters. The largest absolute Gasteiger partial charge is 0.458 e. The molecule has 648 valence electrons. The van der Waals surface area contributed by atoms with Crippen LogP contribution in [0.4, 0.5) is 0 Å². The number of esters is 7. The Hall–Kier alpha value is -6.57. The molecule has 14 heteroatoms. The number of fused-ring (bicyclic) bond motifs is 14. The van der Waals surface area contributed by atoms with E-state index in [2.05, 4.69) is 160 Å². The summed E-state index contributed by atoms with van der Waals surface area (Å²) in [4.78, 5) is 81.8. The number of carbonyl (C=O) groups is 7. The van der Waals surface area contributed by atoms with Gasteiger partial charge in [0, 0.05) is 98.2 Å². The molecule has 7 aliphatic heterocycles. The molecule has 14 nitrogen and oxygen atoms in total. The molecule has 7 saturated heterocycles. The summed E-state index contributed by atoms with van der Waals surface area (Å²) in [6.07, 6.45) is 46.3. The second kappa shape index (κ2) is 37.2. The molecule has 7 heterocycles. The summed E-state index contributed by atoms with van der Waals surface area (Å²) in [5.74, 6) is 12.7. The summed E-state index contributed by atoms with van der Waals surface area (Å²) >= 11 is 0. The first-order valence-electron chi connectivity index (χ1n) is 47.1. The fourth-order valence-corrected chi connectivity index (χ4v) is 27.3. The van der Waals surface area contributed by atoms with Crippen molar-refractivity contribution in [2.75, 3.05) is 0 Å². The summed E-state index contributed by atoms with van der Waals surface area (Å²) in [5.41, 5.74) is 9.31. The van der Waals surface area contributed by atoms with Crippen LogP contribution in [-0.4, -0.2) is 84.0 Å². The Morgan fingerprint density at radius 2 is 0.847 bits per heavy atom. The number of carbonyl (C=O) groups excluding carboxylic acids is 7. The molecule has 10 saturated carbocycles. The minimum absolute atomic E-state index is 0.0779. The van der Waals surface area contributed by atoms with E-state index in [0.29, 0.717) is 105 Å². The number of ether oxygens (including phenoxy) is 7. The Bertz CT molecular complexity index is 3910. The predicted octanol–water partition coefficient (Wildman–Crippen LogP) is 22.9. The second-order valence-electron chi connectivity index (χ2n) is 41.8. The van der Waals surface area contributed by atoms with Crippen molar-refractivity contribution in [3.63, 3.8) is 0 Å². The Balaban J connectivity index is 0.000000119. The highest BCUT2D eigenvalue weighted by Gasteiger charge is 2.60. The Morgan fingerprint density at radius 1 is 0.364 bits per heavy atom. The van der Waals surface area contributed by atoms with E-state index in [1.54, 1.807) is 0 Å². The van der Waals surface area contributed by atoms with Crippen molar-refractivity contribution in [2.45, 2.75) is 325 Å². The molecular weight excluding hydrogens is 1470 g/mol. The van der Waals surface area contributed by atoms with Crippen molar-refractivity contribution in [2.24, 2.45) is 147 Å². The zero-order valence-corrected chi connectivity index (χ0v) is 74.6. The molecule has 32 atom stereocenters. The second-order valence-corrected chi connectivity index (χ2v) is 41.8. The molecule has 17 fully saturated rings. The van der Waals surface area contributed by atoms with Crippen LogP contribution in [0.1, 0.15) is 283 Å². The van der Waals surface area contributed by atoms with Gasteiger partial charge in [0.15, 0.2) is 0 Å². The van der Waals surface area contributed by atoms with Crippen molar-refractivity contribution in [1.82, 2.24) is 0 Å². The van der Waals surface area contributed by atoms with Crippen LogP contribution in [0.3, 0.4) is 0 Å². The average Bonchev–Trinajstić information content (AvgIpc) is 1.55. The Labute approximate surface area is 709 Å². The van der Waals surface area contributed by atoms with Gasteiger partial charge in [-0.2, -0.15) is 0 Å². The quantitative estimate of drug-likeness (QED) is 0.0965. The van der Waals surface area contributed by atoms with Gasteiger partial charge in [-0.3, -0.25) is 0 Å². The molecule has 0 aromatic heterocycles. The van der Waals surface area contributed by atoms with E-state index in [0.717, 1.165) is 166 Å². The van der Waals surface area contributed by atoms with Gasteiger partial charge in [-0.15, -0.1) is 0 Å². The minimum Gasteiger partial charge on any atom is -0.458 e. The van der Waals surface area contributed by atoms with Crippen molar-refractivity contribution < 1.29 is 66.7 Å². The molecule has 0 aromatic carbocycles. The maximum atomic E-state index is 12.0. The van der Waals surface area contributed by atoms with Crippen molar-refractivity contribution in [3.05, 3.63) is 132 Å². The van der Waals surface area contributed by atoms with E-state index < -0.39 is 0 Å². The standard InChI is InChI=1S/5C15H22O2.C15H20O2.C14H18O2/c2*1-8-4-7-12-10(3)15(16)17-14(12)13-9(2)5-6-11(8)13;1-9-4-6-12-8-15(17-14(16)11(12)3)10(2)5-7-13(9)15;1-8-4-5-11-9(2)6-14-13(7-12(8)11)10(3)15(16)17-14;1-9-5-4-7-15(3)8-6-11-10(2)14(16)17-13(11)12(9)15;1-10-5-4-6-11(2)9-14-13(8-7-10)12(3)15(16)17-14;1-10-6-4-3-5-7-13-12(9-8-10)11(2)14(15)16-13/h2*8-9,11-14H,3-7H2,1-2H3;9-10,12-13H,3-8H2,1-2H3;8-9,11-14H,3-7H2,1-2H3;9,11-13H,2,4-8H2,1,3H3;5,9,13-14H,3-4,6-8H2,1-2H3;5-7,12-13H,2-4,8-9H2,1H3/b;;;;;10-5+,11-9+;7-5-,10-6+. The Kier molecular flexibility index (Phi) is 28.2. The normalized spacial score (nSPS) is 45.8. The van der Waals surface area contributed by atoms with Crippen LogP contribution in [0, 0.1) is 147 Å². The van der Waals surface area contributed by atoms with Gasteiger partial charge in [0.1, 0.15) is 42.2 Å². The van der Waals surface area contributed by atoms with Crippen LogP contribution in [0.2, 0.25) is 0 Å². The first-order valence-corrected chi connectivity index (χ1v) is 47.1. The van der Waals surface area contributed by atoms with Gasteiger partial charge >= 0.3 is 41.8 Å². The molecule has 118 heavy (non-hydrogen) atoms. The molecule has 12 aliphatic carbocycles. The molecule has 1 spiro atoms. The first kappa shape index (κ1) is 89.2. The molecule has 19 rings (SSSR count). The van der Waals surface area contributed by atoms with Gasteiger partial charge in [0.2, 0.25) is 0 Å². The van der Waals surface area contributed by atoms with Crippen LogP contribution in [0.5, 0.6) is 0 Å². The van der Waals surface area contributed by atoms with Gasteiger partial charge < -0.3 is 33.2 Å². The highest BCUT2D eigenvalue weighted by atomic mass is 16.6. The summed E-state index contributed by atoms with van der Waals surface area (Å²) in [6, 6.07) is 0. The SMILES string of the molecule is C=C1C(=O)OC2/C=C(\C)CC/C=C(\C)CCC12.C=C1C(=O)OC2/C=C\CC/C=C(\C)CCC12.C=C1C(=O)OC23CC1CCC(C)C2CCC3C.C=C1C(=O)OC2C1CCC(C)C1CCC(C)C12.C=C1C(=O)OC2C1CCC(C)C1CCC(C)C12.C=C1C(=O)OC2C1CCC1(C)CCCC(C)C21.C=C1C(=O)OC2CC(C)C3CCC(C)C3CC12. The summed E-state index contributed by atoms with van der Waals surface area (Å²) in [7, 11) is 0. The summed E-state index contributed by atoms with van der Waals surface area (Å²) in [5, 5.41) is 0. The lowest BCUT2D eigenvalue weighted by atomic mass is 9.54. The lowest BCUT2D eigenvalue weighted by Gasteiger charge is -2.52. The van der Waals surface area contributed by atoms with Gasteiger partial charge in [-0.25, -0.2) is 33.6 Å². The van der Waals surface area contributed by atoms with Crippen LogP contribution in [-0.2, 0) is 66.7 Å². The summed E-state index contributed by atoms with van der Waals surface area (Å²) in [6.45, 7) is 57.3. The van der Waals surface area contributed by atoms with Gasteiger partial charge in [0.05, 0.1) is 0 Å². The van der Waals surface area contributed by atoms with E-state index in [1.165, 1.54) is 113 Å². The lowest BCUT2D eigenvalue weighted by Crippen LogP contribution is -2.49. The highest BCUT2D eigenvalue weighted by Crippen LogP contribution is 2.61. The van der Waals surface area contributed by atoms with Gasteiger partial charge in [-0.1, -0.05) is 182 Å². The van der Waals surface area contributed by atoms with Crippen molar-refractivity contribution in [1.29, 1.82) is 0 Å². The van der Waals surface area contributed by atoms with Crippen LogP contribution < -0.4 is 0 Å². The first-order chi connectivity index (χ1) is 56.1. The van der Waals surface area contributed by atoms with E-state index >= 15 is 0 Å². The molecule has 0 amide bonds. The minimum atomic E-state index is -0.222. The molecule has 0 aromatic rings. The number of hydrogen-bond acceptors (Lipinski definition) is 14. The maximum Gasteiger partial charge on any atom is 0.334 e. The van der Waals surface area contributed by atoms with Crippen molar-refractivity contribution >= 4 is 41.8 Å². The van der Waals surface area contributed by atoms with E-state index in [9.17, 15) is 33.6 Å². The molecular formula is C104H148O14. The predicted molar refractivity (Wildman–Crippen MR) is 464 cm³/mol.